The summed E-state index contributed by atoms with van der Waals surface area (Å²) in [6.45, 7) is 6.55. The summed E-state index contributed by atoms with van der Waals surface area (Å²) in [7, 11) is 0. The van der Waals surface area contributed by atoms with Gasteiger partial charge in [0, 0.05) is 25.7 Å². The van der Waals surface area contributed by atoms with Crippen molar-refractivity contribution in [3.05, 3.63) is 65.6 Å². The maximum atomic E-state index is 4.69. The fourth-order valence-corrected chi connectivity index (χ4v) is 2.81. The molecule has 0 radical (unpaired) electrons. The van der Waals surface area contributed by atoms with Crippen molar-refractivity contribution in [1.82, 2.24) is 25.2 Å². The van der Waals surface area contributed by atoms with Gasteiger partial charge in [-0.2, -0.15) is 0 Å². The summed E-state index contributed by atoms with van der Waals surface area (Å²) in [5, 5.41) is 15.2. The molecule has 144 valence electrons. The number of guanidine groups is 1. The first-order valence-corrected chi connectivity index (χ1v) is 9.13. The van der Waals surface area contributed by atoms with Crippen molar-refractivity contribution in [2.45, 2.75) is 33.2 Å². The number of nitrogens with one attached hydrogen (secondary N) is 2. The van der Waals surface area contributed by atoms with Crippen LogP contribution in [-0.4, -0.2) is 33.6 Å². The van der Waals surface area contributed by atoms with Crippen LogP contribution in [-0.2, 0) is 13.0 Å². The summed E-state index contributed by atoms with van der Waals surface area (Å²) in [6.07, 6.45) is 3.84. The number of aliphatic imine (C=N–C) groups is 1. The summed E-state index contributed by atoms with van der Waals surface area (Å²) in [5.74, 6) is 1.84. The lowest BCUT2D eigenvalue weighted by Gasteiger charge is -2.11. The Balaban J connectivity index is 0.00000261. The molecule has 27 heavy (non-hydrogen) atoms. The van der Waals surface area contributed by atoms with Gasteiger partial charge in [0.05, 0.1) is 6.54 Å². The molecule has 7 heteroatoms. The Labute approximate surface area is 177 Å². The molecule has 0 fully saturated rings. The predicted octanol–water partition coefficient (Wildman–Crippen LogP) is 3.34. The molecule has 1 aromatic carbocycles. The molecular formula is C20H27IN6. The molecule has 0 bridgehead atoms. The van der Waals surface area contributed by atoms with Crippen molar-refractivity contribution in [2.75, 3.05) is 13.1 Å². The van der Waals surface area contributed by atoms with Gasteiger partial charge >= 0.3 is 0 Å². The van der Waals surface area contributed by atoms with E-state index in [9.17, 15) is 0 Å². The molecule has 0 atom stereocenters. The van der Waals surface area contributed by atoms with Crippen molar-refractivity contribution < 1.29 is 0 Å². The lowest BCUT2D eigenvalue weighted by atomic mass is 10.1. The number of rotatable bonds is 7. The van der Waals surface area contributed by atoms with Crippen molar-refractivity contribution in [3.63, 3.8) is 0 Å². The van der Waals surface area contributed by atoms with Crippen molar-refractivity contribution in [1.29, 1.82) is 0 Å². The Kier molecular flexibility index (Phi) is 8.50. The fourth-order valence-electron chi connectivity index (χ4n) is 2.81. The topological polar surface area (TPSA) is 66.6 Å². The average Bonchev–Trinajstić information content (AvgIpc) is 3.07. The van der Waals surface area contributed by atoms with Gasteiger partial charge in [-0.3, -0.25) is 4.40 Å². The first-order valence-electron chi connectivity index (χ1n) is 9.13. The number of hydrogen-bond donors (Lipinski definition) is 2. The van der Waals surface area contributed by atoms with Crippen LogP contribution in [0, 0.1) is 6.92 Å². The second kappa shape index (κ2) is 10.9. The highest BCUT2D eigenvalue weighted by Crippen LogP contribution is 2.08. The Hall–Kier alpha value is -2.16. The second-order valence-electron chi connectivity index (χ2n) is 6.20. The molecule has 6 nitrogen and oxygen atoms in total. The van der Waals surface area contributed by atoms with Gasteiger partial charge in [0.2, 0.25) is 0 Å². The van der Waals surface area contributed by atoms with Crippen LogP contribution in [0.1, 0.15) is 30.3 Å². The zero-order valence-electron chi connectivity index (χ0n) is 15.9. The third-order valence-corrected chi connectivity index (χ3v) is 4.27. The van der Waals surface area contributed by atoms with Crippen molar-refractivity contribution in [2.24, 2.45) is 4.99 Å². The molecule has 0 aliphatic rings. The van der Waals surface area contributed by atoms with Crippen LogP contribution in [0.4, 0.5) is 0 Å². The van der Waals surface area contributed by atoms with E-state index in [0.29, 0.717) is 6.54 Å². The minimum atomic E-state index is 0. The molecule has 2 N–H and O–H groups in total. The van der Waals surface area contributed by atoms with Crippen LogP contribution < -0.4 is 10.6 Å². The van der Waals surface area contributed by atoms with Crippen LogP contribution in [0.15, 0.2) is 53.7 Å². The molecule has 0 saturated carbocycles. The van der Waals surface area contributed by atoms with Crippen LogP contribution >= 0.6 is 24.0 Å². The average molecular weight is 478 g/mol. The third-order valence-electron chi connectivity index (χ3n) is 4.27. The SMILES string of the molecule is CCNC(=NCc1ccccc1C)NCCCc1nnc2ccccn12.I. The maximum absolute atomic E-state index is 4.69. The van der Waals surface area contributed by atoms with E-state index in [0.717, 1.165) is 43.4 Å². The van der Waals surface area contributed by atoms with E-state index in [4.69, 9.17) is 4.99 Å². The second-order valence-corrected chi connectivity index (χ2v) is 6.20. The van der Waals surface area contributed by atoms with E-state index in [1.807, 2.05) is 28.8 Å². The zero-order chi connectivity index (χ0) is 18.2. The van der Waals surface area contributed by atoms with Crippen LogP contribution in [0.2, 0.25) is 0 Å². The number of nitrogens with zero attached hydrogens (tertiary/aromatic N) is 4. The van der Waals surface area contributed by atoms with Crippen LogP contribution in [0.25, 0.3) is 5.65 Å². The number of aromatic nitrogens is 3. The Bertz CT molecular complexity index is 874. The molecule has 0 aliphatic carbocycles. The quantitative estimate of drug-likeness (QED) is 0.237. The number of fused-ring (bicyclic) bond motifs is 1. The maximum Gasteiger partial charge on any atom is 0.191 e. The zero-order valence-corrected chi connectivity index (χ0v) is 18.2. The van der Waals surface area contributed by atoms with Gasteiger partial charge < -0.3 is 10.6 Å². The van der Waals surface area contributed by atoms with E-state index >= 15 is 0 Å². The number of halogens is 1. The molecule has 2 heterocycles. The Morgan fingerprint density at radius 2 is 1.89 bits per heavy atom. The number of benzene rings is 1. The highest BCUT2D eigenvalue weighted by atomic mass is 127. The van der Waals surface area contributed by atoms with Gasteiger partial charge in [-0.15, -0.1) is 34.2 Å². The van der Waals surface area contributed by atoms with Crippen molar-refractivity contribution >= 4 is 35.6 Å². The molecule has 3 rings (SSSR count). The van der Waals surface area contributed by atoms with Crippen molar-refractivity contribution in [3.8, 4) is 0 Å². The standard InChI is InChI=1S/C20H26N6.HI/c1-3-21-20(23-15-17-10-5-4-9-16(17)2)22-13-8-12-19-25-24-18-11-6-7-14-26(18)19;/h4-7,9-11,14H,3,8,12-13,15H2,1-2H3,(H2,21,22,23);1H. The fraction of sp³-hybridized carbons (Fsp3) is 0.350. The van der Waals surface area contributed by atoms with Crippen LogP contribution in [0.5, 0.6) is 0 Å². The lowest BCUT2D eigenvalue weighted by Crippen LogP contribution is -2.37. The highest BCUT2D eigenvalue weighted by Gasteiger charge is 2.04. The summed E-state index contributed by atoms with van der Waals surface area (Å²) < 4.78 is 2.04. The summed E-state index contributed by atoms with van der Waals surface area (Å²) in [5.41, 5.74) is 3.41. The molecule has 0 aliphatic heterocycles. The van der Waals surface area contributed by atoms with Gasteiger partial charge in [-0.1, -0.05) is 30.3 Å². The molecule has 0 unspecified atom stereocenters. The van der Waals surface area contributed by atoms with Gasteiger partial charge in [0.1, 0.15) is 5.82 Å². The lowest BCUT2D eigenvalue weighted by molar-refractivity contribution is 0.715. The van der Waals surface area contributed by atoms with E-state index in [1.165, 1.54) is 11.1 Å². The Morgan fingerprint density at radius 3 is 2.70 bits per heavy atom. The third kappa shape index (κ3) is 5.92. The summed E-state index contributed by atoms with van der Waals surface area (Å²) >= 11 is 0. The van der Waals surface area contributed by atoms with Gasteiger partial charge in [-0.25, -0.2) is 4.99 Å². The first kappa shape index (κ1) is 21.1. The van der Waals surface area contributed by atoms with Gasteiger partial charge in [-0.05, 0) is 43.5 Å². The molecule has 0 spiro atoms. The molecule has 0 amide bonds. The van der Waals surface area contributed by atoms with Crippen LogP contribution in [0.3, 0.4) is 0 Å². The number of hydrogen-bond acceptors (Lipinski definition) is 3. The van der Waals surface area contributed by atoms with E-state index in [-0.39, 0.29) is 24.0 Å². The van der Waals surface area contributed by atoms with E-state index in [1.54, 1.807) is 0 Å². The minimum Gasteiger partial charge on any atom is -0.357 e. The van der Waals surface area contributed by atoms with Gasteiger partial charge in [0.25, 0.3) is 0 Å². The normalized spacial score (nSPS) is 11.3. The molecule has 2 aromatic heterocycles. The predicted molar refractivity (Wildman–Crippen MR) is 121 cm³/mol. The molecule has 3 aromatic rings. The summed E-state index contributed by atoms with van der Waals surface area (Å²) in [4.78, 5) is 4.69. The molecule has 0 saturated heterocycles. The van der Waals surface area contributed by atoms with Gasteiger partial charge in [0.15, 0.2) is 11.6 Å². The van der Waals surface area contributed by atoms with E-state index < -0.39 is 0 Å². The largest absolute Gasteiger partial charge is 0.357 e. The Morgan fingerprint density at radius 1 is 1.07 bits per heavy atom. The highest BCUT2D eigenvalue weighted by molar-refractivity contribution is 14.0. The van der Waals surface area contributed by atoms with E-state index in [2.05, 4.69) is 58.9 Å². The minimum absolute atomic E-state index is 0. The smallest absolute Gasteiger partial charge is 0.191 e. The molecular weight excluding hydrogens is 451 g/mol. The summed E-state index contributed by atoms with van der Waals surface area (Å²) in [6, 6.07) is 14.3. The number of aryl methyl sites for hydroxylation is 2. The first-order chi connectivity index (χ1) is 12.8. The number of pyridine rings is 1. The monoisotopic (exact) mass is 478 g/mol.